The predicted octanol–water partition coefficient (Wildman–Crippen LogP) is 3.73. The molecular formula is C15H19N3O3S2. The van der Waals surface area contributed by atoms with Gasteiger partial charge in [-0.3, -0.25) is 4.79 Å². The molecule has 0 aliphatic rings. The van der Waals surface area contributed by atoms with Gasteiger partial charge in [-0.05, 0) is 18.6 Å². The number of hydrogen-bond donors (Lipinski definition) is 1. The van der Waals surface area contributed by atoms with Crippen molar-refractivity contribution in [1.82, 2.24) is 10.2 Å². The van der Waals surface area contributed by atoms with Crippen molar-refractivity contribution in [1.29, 1.82) is 0 Å². The maximum Gasteiger partial charge on any atom is 0.316 e. The van der Waals surface area contributed by atoms with Crippen LogP contribution >= 0.6 is 23.1 Å². The predicted molar refractivity (Wildman–Crippen MR) is 92.8 cm³/mol. The maximum absolute atomic E-state index is 11.5. The molecule has 2 rings (SSSR count). The van der Waals surface area contributed by atoms with E-state index in [0.717, 1.165) is 28.6 Å². The lowest BCUT2D eigenvalue weighted by atomic mass is 10.3. The number of rotatable bonds is 9. The third-order valence-electron chi connectivity index (χ3n) is 2.80. The third-order valence-corrected chi connectivity index (χ3v) is 4.75. The van der Waals surface area contributed by atoms with Gasteiger partial charge >= 0.3 is 5.97 Å². The Hall–Kier alpha value is -1.80. The smallest absolute Gasteiger partial charge is 0.316 e. The standard InChI is InChI=1S/C15H19N3O3S2/c1-3-4-8-21-13(19)10-22-15-18-17-14(23-15)16-11-6-5-7-12(9-11)20-2/h5-7,9H,3-4,8,10H2,1-2H3,(H,16,17). The van der Waals surface area contributed by atoms with Crippen LogP contribution in [-0.2, 0) is 9.53 Å². The van der Waals surface area contributed by atoms with E-state index in [4.69, 9.17) is 9.47 Å². The van der Waals surface area contributed by atoms with Crippen molar-refractivity contribution in [3.05, 3.63) is 24.3 Å². The Balaban J connectivity index is 1.82. The van der Waals surface area contributed by atoms with Gasteiger partial charge in [0.15, 0.2) is 4.34 Å². The molecule has 0 spiro atoms. The minimum Gasteiger partial charge on any atom is -0.497 e. The molecule has 0 aliphatic heterocycles. The highest BCUT2D eigenvalue weighted by Gasteiger charge is 2.09. The first-order valence-corrected chi connectivity index (χ1v) is 9.04. The number of unbranched alkanes of at least 4 members (excludes halogenated alkanes) is 1. The van der Waals surface area contributed by atoms with Crippen LogP contribution in [0.15, 0.2) is 28.6 Å². The fourth-order valence-corrected chi connectivity index (χ4v) is 3.21. The fourth-order valence-electron chi connectivity index (χ4n) is 1.64. The quantitative estimate of drug-likeness (QED) is 0.418. The molecule has 1 aromatic carbocycles. The first-order chi connectivity index (χ1) is 11.2. The Morgan fingerprint density at radius 1 is 1.39 bits per heavy atom. The van der Waals surface area contributed by atoms with Crippen LogP contribution in [0.5, 0.6) is 5.75 Å². The fraction of sp³-hybridized carbons (Fsp3) is 0.400. The highest BCUT2D eigenvalue weighted by atomic mass is 32.2. The number of methoxy groups -OCH3 is 1. The van der Waals surface area contributed by atoms with Crippen molar-refractivity contribution in [2.45, 2.75) is 24.1 Å². The molecule has 8 heteroatoms. The Labute approximate surface area is 143 Å². The zero-order valence-corrected chi connectivity index (χ0v) is 14.7. The van der Waals surface area contributed by atoms with Crippen LogP contribution in [0, 0.1) is 0 Å². The van der Waals surface area contributed by atoms with Gasteiger partial charge in [-0.25, -0.2) is 0 Å². The van der Waals surface area contributed by atoms with E-state index in [1.807, 2.05) is 24.3 Å². The first-order valence-electron chi connectivity index (χ1n) is 7.24. The Morgan fingerprint density at radius 3 is 3.04 bits per heavy atom. The van der Waals surface area contributed by atoms with Gasteiger partial charge in [0.1, 0.15) is 5.75 Å². The highest BCUT2D eigenvalue weighted by Crippen LogP contribution is 2.28. The molecule has 0 bridgehead atoms. The van der Waals surface area contributed by atoms with Crippen LogP contribution in [0.1, 0.15) is 19.8 Å². The van der Waals surface area contributed by atoms with E-state index in [-0.39, 0.29) is 11.7 Å². The number of nitrogens with zero attached hydrogens (tertiary/aromatic N) is 2. The van der Waals surface area contributed by atoms with Gasteiger partial charge in [0.2, 0.25) is 5.13 Å². The number of anilines is 2. The van der Waals surface area contributed by atoms with Gasteiger partial charge in [-0.1, -0.05) is 42.5 Å². The molecule has 2 aromatic rings. The zero-order chi connectivity index (χ0) is 16.5. The first kappa shape index (κ1) is 17.6. The molecule has 0 fully saturated rings. The molecule has 124 valence electrons. The van der Waals surface area contributed by atoms with E-state index >= 15 is 0 Å². The van der Waals surface area contributed by atoms with Gasteiger partial charge in [0.05, 0.1) is 19.5 Å². The summed E-state index contributed by atoms with van der Waals surface area (Å²) in [6.45, 7) is 2.54. The van der Waals surface area contributed by atoms with Crippen molar-refractivity contribution >= 4 is 39.9 Å². The Bertz CT molecular complexity index is 634. The second kappa shape index (κ2) is 9.36. The number of benzene rings is 1. The maximum atomic E-state index is 11.5. The largest absolute Gasteiger partial charge is 0.497 e. The minimum atomic E-state index is -0.221. The minimum absolute atomic E-state index is 0.221. The lowest BCUT2D eigenvalue weighted by Gasteiger charge is -2.04. The molecule has 0 radical (unpaired) electrons. The molecule has 0 aliphatic carbocycles. The lowest BCUT2D eigenvalue weighted by molar-refractivity contribution is -0.140. The van der Waals surface area contributed by atoms with Crippen LogP contribution in [0.2, 0.25) is 0 Å². The molecule has 1 heterocycles. The molecule has 1 N–H and O–H groups in total. The van der Waals surface area contributed by atoms with E-state index in [2.05, 4.69) is 22.4 Å². The monoisotopic (exact) mass is 353 g/mol. The van der Waals surface area contributed by atoms with Crippen LogP contribution in [0.4, 0.5) is 10.8 Å². The van der Waals surface area contributed by atoms with E-state index in [1.165, 1.54) is 23.1 Å². The number of carbonyl (C=O) groups is 1. The Morgan fingerprint density at radius 2 is 2.26 bits per heavy atom. The number of carbonyl (C=O) groups excluding carboxylic acids is 1. The van der Waals surface area contributed by atoms with Crippen molar-refractivity contribution in [3.63, 3.8) is 0 Å². The van der Waals surface area contributed by atoms with Crippen LogP contribution in [0.25, 0.3) is 0 Å². The molecular weight excluding hydrogens is 334 g/mol. The van der Waals surface area contributed by atoms with Crippen molar-refractivity contribution in [3.8, 4) is 5.75 Å². The van der Waals surface area contributed by atoms with Crippen molar-refractivity contribution < 1.29 is 14.3 Å². The van der Waals surface area contributed by atoms with Gasteiger partial charge < -0.3 is 14.8 Å². The normalized spacial score (nSPS) is 10.3. The number of esters is 1. The number of nitrogens with one attached hydrogen (secondary N) is 1. The number of aromatic nitrogens is 2. The summed E-state index contributed by atoms with van der Waals surface area (Å²) in [5, 5.41) is 11.9. The van der Waals surface area contributed by atoms with Crippen LogP contribution in [-0.4, -0.2) is 35.6 Å². The summed E-state index contributed by atoms with van der Waals surface area (Å²) in [4.78, 5) is 11.5. The highest BCUT2D eigenvalue weighted by molar-refractivity contribution is 8.01. The van der Waals surface area contributed by atoms with E-state index in [1.54, 1.807) is 7.11 Å². The van der Waals surface area contributed by atoms with Crippen molar-refractivity contribution in [2.75, 3.05) is 24.8 Å². The van der Waals surface area contributed by atoms with Crippen molar-refractivity contribution in [2.24, 2.45) is 0 Å². The summed E-state index contributed by atoms with van der Waals surface area (Å²) in [5.74, 6) is 0.794. The summed E-state index contributed by atoms with van der Waals surface area (Å²) < 4.78 is 11.0. The summed E-state index contributed by atoms with van der Waals surface area (Å²) in [6, 6.07) is 7.56. The topological polar surface area (TPSA) is 73.3 Å². The number of hydrogen-bond acceptors (Lipinski definition) is 8. The van der Waals surface area contributed by atoms with E-state index in [9.17, 15) is 4.79 Å². The van der Waals surface area contributed by atoms with Gasteiger partial charge in [0, 0.05) is 11.8 Å². The van der Waals surface area contributed by atoms with Gasteiger partial charge in [-0.15, -0.1) is 10.2 Å². The third kappa shape index (κ3) is 6.07. The number of ether oxygens (including phenoxy) is 2. The summed E-state index contributed by atoms with van der Waals surface area (Å²) in [5.41, 5.74) is 0.871. The molecule has 23 heavy (non-hydrogen) atoms. The van der Waals surface area contributed by atoms with Crippen LogP contribution in [0.3, 0.4) is 0 Å². The van der Waals surface area contributed by atoms with E-state index < -0.39 is 0 Å². The summed E-state index contributed by atoms with van der Waals surface area (Å²) in [6.07, 6.45) is 1.90. The second-order valence-electron chi connectivity index (χ2n) is 4.59. The van der Waals surface area contributed by atoms with E-state index in [0.29, 0.717) is 11.7 Å². The average Bonchev–Trinajstić information content (AvgIpc) is 3.01. The lowest BCUT2D eigenvalue weighted by Crippen LogP contribution is -2.08. The Kier molecular flexibility index (Phi) is 7.15. The zero-order valence-electron chi connectivity index (χ0n) is 13.1. The average molecular weight is 353 g/mol. The SMILES string of the molecule is CCCCOC(=O)CSc1nnc(Nc2cccc(OC)c2)s1. The number of thioether (sulfide) groups is 1. The van der Waals surface area contributed by atoms with Crippen LogP contribution < -0.4 is 10.1 Å². The molecule has 0 saturated carbocycles. The molecule has 1 aromatic heterocycles. The second-order valence-corrected chi connectivity index (χ2v) is 6.79. The molecule has 0 saturated heterocycles. The van der Waals surface area contributed by atoms with Gasteiger partial charge in [-0.2, -0.15) is 0 Å². The molecule has 0 unspecified atom stereocenters. The molecule has 0 atom stereocenters. The summed E-state index contributed by atoms with van der Waals surface area (Å²) >= 11 is 2.72. The van der Waals surface area contributed by atoms with Gasteiger partial charge in [0.25, 0.3) is 0 Å². The summed E-state index contributed by atoms with van der Waals surface area (Å²) in [7, 11) is 1.62. The molecule has 6 nitrogen and oxygen atoms in total. The molecule has 0 amide bonds.